The van der Waals surface area contributed by atoms with Crippen LogP contribution in [0.5, 0.6) is 0 Å². The number of hydrogen-bond donors (Lipinski definition) is 1. The van der Waals surface area contributed by atoms with Gasteiger partial charge < -0.3 is 9.67 Å². The van der Waals surface area contributed by atoms with Crippen LogP contribution in [-0.4, -0.2) is 42.3 Å². The molecule has 3 heterocycles. The zero-order chi connectivity index (χ0) is 16.4. The fraction of sp³-hybridized carbons (Fsp3) is 0.438. The molecule has 1 saturated heterocycles. The maximum Gasteiger partial charge on any atom is 0.321 e. The van der Waals surface area contributed by atoms with Crippen molar-refractivity contribution in [3.8, 4) is 0 Å². The number of thioether (sulfide) groups is 1. The standard InChI is InChI=1S/C16H20N4O2S/c1-11(2)20-10-18-7-13(20)8-19-14(16(21)22)9-23-15(19)12-3-5-17-6-4-12/h3-7,10-11,14-15H,8-9H2,1-2H3,(H,21,22). The van der Waals surface area contributed by atoms with E-state index in [1.165, 1.54) is 0 Å². The maximum absolute atomic E-state index is 11.6. The van der Waals surface area contributed by atoms with E-state index < -0.39 is 12.0 Å². The molecule has 3 rings (SSSR count). The molecule has 1 aliphatic rings. The molecular formula is C16H20N4O2S. The molecule has 2 unspecified atom stereocenters. The summed E-state index contributed by atoms with van der Waals surface area (Å²) in [5, 5.41) is 9.59. The molecule has 0 bridgehead atoms. The monoisotopic (exact) mass is 332 g/mol. The smallest absolute Gasteiger partial charge is 0.321 e. The lowest BCUT2D eigenvalue weighted by Crippen LogP contribution is -2.38. The van der Waals surface area contributed by atoms with Gasteiger partial charge in [0.25, 0.3) is 0 Å². The van der Waals surface area contributed by atoms with Gasteiger partial charge in [-0.3, -0.25) is 14.7 Å². The van der Waals surface area contributed by atoms with E-state index in [-0.39, 0.29) is 5.37 Å². The maximum atomic E-state index is 11.6. The van der Waals surface area contributed by atoms with Gasteiger partial charge >= 0.3 is 5.97 Å². The van der Waals surface area contributed by atoms with Crippen molar-refractivity contribution in [2.45, 2.75) is 37.8 Å². The molecule has 23 heavy (non-hydrogen) atoms. The third kappa shape index (κ3) is 3.25. The average Bonchev–Trinajstić information content (AvgIpc) is 3.15. The van der Waals surface area contributed by atoms with Crippen LogP contribution in [0.4, 0.5) is 0 Å². The van der Waals surface area contributed by atoms with E-state index >= 15 is 0 Å². The fourth-order valence-corrected chi connectivity index (χ4v) is 4.33. The molecule has 0 aliphatic carbocycles. The van der Waals surface area contributed by atoms with Crippen molar-refractivity contribution in [1.82, 2.24) is 19.4 Å². The van der Waals surface area contributed by atoms with Crippen molar-refractivity contribution < 1.29 is 9.90 Å². The van der Waals surface area contributed by atoms with Crippen molar-refractivity contribution in [2.24, 2.45) is 0 Å². The minimum atomic E-state index is -0.773. The number of carbonyl (C=O) groups is 1. The lowest BCUT2D eigenvalue weighted by molar-refractivity contribution is -0.142. The summed E-state index contributed by atoms with van der Waals surface area (Å²) >= 11 is 1.66. The Balaban J connectivity index is 1.90. The number of hydrogen-bond acceptors (Lipinski definition) is 5. The summed E-state index contributed by atoms with van der Waals surface area (Å²) in [6.07, 6.45) is 7.13. The second-order valence-corrected chi connectivity index (χ2v) is 6.99. The topological polar surface area (TPSA) is 71.2 Å². The van der Waals surface area contributed by atoms with Crippen LogP contribution in [0.3, 0.4) is 0 Å². The van der Waals surface area contributed by atoms with Crippen molar-refractivity contribution in [2.75, 3.05) is 5.75 Å². The Hall–Kier alpha value is -1.86. The Bertz CT molecular complexity index is 674. The van der Waals surface area contributed by atoms with Crippen LogP contribution in [0.2, 0.25) is 0 Å². The van der Waals surface area contributed by atoms with Gasteiger partial charge in [0.1, 0.15) is 6.04 Å². The lowest BCUT2D eigenvalue weighted by atomic mass is 10.2. The first-order valence-electron chi connectivity index (χ1n) is 7.58. The molecule has 0 saturated carbocycles. The number of aliphatic carboxylic acids is 1. The van der Waals surface area contributed by atoms with Crippen LogP contribution in [0, 0.1) is 0 Å². The number of rotatable bonds is 5. The van der Waals surface area contributed by atoms with Gasteiger partial charge in [-0.05, 0) is 31.5 Å². The van der Waals surface area contributed by atoms with Gasteiger partial charge in [0, 0.05) is 36.9 Å². The largest absolute Gasteiger partial charge is 0.480 e. The molecule has 0 spiro atoms. The van der Waals surface area contributed by atoms with E-state index in [1.54, 1.807) is 30.5 Å². The molecule has 6 nitrogen and oxygen atoms in total. The molecule has 7 heteroatoms. The van der Waals surface area contributed by atoms with Crippen molar-refractivity contribution >= 4 is 17.7 Å². The molecule has 2 atom stereocenters. The van der Waals surface area contributed by atoms with Gasteiger partial charge in [-0.1, -0.05) is 0 Å². The highest BCUT2D eigenvalue weighted by atomic mass is 32.2. The lowest BCUT2D eigenvalue weighted by Gasteiger charge is -2.28. The predicted molar refractivity (Wildman–Crippen MR) is 89.0 cm³/mol. The molecule has 1 fully saturated rings. The van der Waals surface area contributed by atoms with Crippen molar-refractivity contribution in [3.63, 3.8) is 0 Å². The van der Waals surface area contributed by atoms with E-state index in [0.717, 1.165) is 11.3 Å². The second kappa shape index (κ2) is 6.72. The van der Waals surface area contributed by atoms with E-state index in [2.05, 4.69) is 28.4 Å². The third-order valence-electron chi connectivity index (χ3n) is 4.04. The molecular weight excluding hydrogens is 312 g/mol. The zero-order valence-corrected chi connectivity index (χ0v) is 14.0. The third-order valence-corrected chi connectivity index (χ3v) is 5.40. The summed E-state index contributed by atoms with van der Waals surface area (Å²) in [6, 6.07) is 3.71. The van der Waals surface area contributed by atoms with Crippen LogP contribution in [0.15, 0.2) is 37.1 Å². The average molecular weight is 332 g/mol. The van der Waals surface area contributed by atoms with E-state index in [0.29, 0.717) is 18.3 Å². The number of carboxylic acid groups (broad SMARTS) is 1. The highest BCUT2D eigenvalue weighted by Gasteiger charge is 2.39. The zero-order valence-electron chi connectivity index (χ0n) is 13.2. The Morgan fingerprint density at radius 2 is 2.13 bits per heavy atom. The van der Waals surface area contributed by atoms with Crippen molar-refractivity contribution in [3.05, 3.63) is 48.3 Å². The predicted octanol–water partition coefficient (Wildman–Crippen LogP) is 2.56. The summed E-state index contributed by atoms with van der Waals surface area (Å²) in [6.45, 7) is 4.76. The number of imidazole rings is 1. The molecule has 122 valence electrons. The van der Waals surface area contributed by atoms with Crippen LogP contribution in [0.25, 0.3) is 0 Å². The molecule has 0 radical (unpaired) electrons. The highest BCUT2D eigenvalue weighted by molar-refractivity contribution is 7.99. The van der Waals surface area contributed by atoms with Crippen molar-refractivity contribution in [1.29, 1.82) is 0 Å². The fourth-order valence-electron chi connectivity index (χ4n) is 2.87. The molecule has 0 aromatic carbocycles. The van der Waals surface area contributed by atoms with Crippen LogP contribution >= 0.6 is 11.8 Å². The molecule has 1 aliphatic heterocycles. The molecule has 0 amide bonds. The van der Waals surface area contributed by atoms with Crippen LogP contribution < -0.4 is 0 Å². The minimum Gasteiger partial charge on any atom is -0.480 e. The van der Waals surface area contributed by atoms with Gasteiger partial charge in [-0.15, -0.1) is 11.8 Å². The summed E-state index contributed by atoms with van der Waals surface area (Å²) in [5.41, 5.74) is 2.12. The Labute approximate surface area is 139 Å². The van der Waals surface area contributed by atoms with Gasteiger partial charge in [-0.2, -0.15) is 0 Å². The number of aromatic nitrogens is 3. The SMILES string of the molecule is CC(C)n1cncc1CN1C(C(=O)O)CSC1c1ccncc1. The minimum absolute atomic E-state index is 0.0228. The number of nitrogens with zero attached hydrogens (tertiary/aromatic N) is 4. The number of pyridine rings is 1. The van der Waals surface area contributed by atoms with Gasteiger partial charge in [0.15, 0.2) is 0 Å². The first-order valence-corrected chi connectivity index (χ1v) is 8.63. The molecule has 1 N–H and O–H groups in total. The first kappa shape index (κ1) is 16.0. The normalized spacial score (nSPS) is 21.9. The van der Waals surface area contributed by atoms with E-state index in [1.807, 2.05) is 23.2 Å². The number of carboxylic acids is 1. The summed E-state index contributed by atoms with van der Waals surface area (Å²) in [4.78, 5) is 22.0. The highest BCUT2D eigenvalue weighted by Crippen LogP contribution is 2.42. The van der Waals surface area contributed by atoms with Gasteiger partial charge in [-0.25, -0.2) is 4.98 Å². The van der Waals surface area contributed by atoms with Gasteiger partial charge in [0.05, 0.1) is 17.4 Å². The Morgan fingerprint density at radius 1 is 1.39 bits per heavy atom. The van der Waals surface area contributed by atoms with E-state index in [9.17, 15) is 9.90 Å². The second-order valence-electron chi connectivity index (χ2n) is 5.88. The molecule has 2 aromatic rings. The summed E-state index contributed by atoms with van der Waals surface area (Å²) in [5.74, 6) is -0.192. The van der Waals surface area contributed by atoms with E-state index in [4.69, 9.17) is 0 Å². The first-order chi connectivity index (χ1) is 11.1. The molecule has 2 aromatic heterocycles. The summed E-state index contributed by atoms with van der Waals surface area (Å²) < 4.78 is 2.09. The Morgan fingerprint density at radius 3 is 2.78 bits per heavy atom. The van der Waals surface area contributed by atoms with Crippen LogP contribution in [0.1, 0.15) is 36.5 Å². The van der Waals surface area contributed by atoms with Gasteiger partial charge in [0.2, 0.25) is 0 Å². The quantitative estimate of drug-likeness (QED) is 0.907. The summed E-state index contributed by atoms with van der Waals surface area (Å²) in [7, 11) is 0. The van der Waals surface area contributed by atoms with Crippen LogP contribution in [-0.2, 0) is 11.3 Å². The Kier molecular flexibility index (Phi) is 4.68.